The lowest BCUT2D eigenvalue weighted by Gasteiger charge is -2.15. The molecule has 1 saturated carbocycles. The van der Waals surface area contributed by atoms with Gasteiger partial charge in [-0.3, -0.25) is 0 Å². The summed E-state index contributed by atoms with van der Waals surface area (Å²) in [5.41, 5.74) is -0.706. The number of benzene rings is 1. The molecule has 2 rings (SSSR count). The monoisotopic (exact) mass is 259 g/mol. The summed E-state index contributed by atoms with van der Waals surface area (Å²) in [4.78, 5) is 13.9. The third-order valence-corrected chi connectivity index (χ3v) is 3.15. The second-order valence-electron chi connectivity index (χ2n) is 3.80. The molecule has 0 N–H and O–H groups in total. The van der Waals surface area contributed by atoms with E-state index in [-0.39, 0.29) is 11.3 Å². The fourth-order valence-corrected chi connectivity index (χ4v) is 1.91. The van der Waals surface area contributed by atoms with Crippen LogP contribution in [0, 0.1) is 11.6 Å². The van der Waals surface area contributed by atoms with Gasteiger partial charge >= 0.3 is 0 Å². The van der Waals surface area contributed by atoms with Crippen LogP contribution in [0.1, 0.15) is 18.4 Å². The molecule has 0 aromatic heterocycles. The summed E-state index contributed by atoms with van der Waals surface area (Å²) in [5.74, 6) is -2.04. The van der Waals surface area contributed by atoms with Gasteiger partial charge in [0, 0.05) is 5.56 Å². The van der Waals surface area contributed by atoms with Gasteiger partial charge in [0.1, 0.15) is 16.4 Å². The maximum absolute atomic E-state index is 13.7. The summed E-state index contributed by atoms with van der Waals surface area (Å²) < 4.78 is 31.9. The second kappa shape index (κ2) is 4.09. The van der Waals surface area contributed by atoms with Gasteiger partial charge in [0.2, 0.25) is 6.08 Å². The predicted molar refractivity (Wildman–Crippen MR) is 57.0 cm³/mol. The molecule has 0 aliphatic heterocycles. The van der Waals surface area contributed by atoms with Crippen LogP contribution in [0.5, 0.6) is 5.75 Å². The molecule has 0 amide bonds. The number of ether oxygens (including phenoxy) is 1. The molecule has 1 aromatic rings. The number of halogens is 3. The van der Waals surface area contributed by atoms with Gasteiger partial charge in [0.05, 0.1) is 7.11 Å². The Morgan fingerprint density at radius 2 is 2.18 bits per heavy atom. The van der Waals surface area contributed by atoms with Gasteiger partial charge in [0.15, 0.2) is 11.6 Å². The zero-order chi connectivity index (χ0) is 12.6. The maximum atomic E-state index is 13.7. The number of hydrogen-bond donors (Lipinski definition) is 0. The van der Waals surface area contributed by atoms with E-state index in [1.54, 1.807) is 0 Å². The minimum atomic E-state index is -0.975. The Hall–Kier alpha value is -1.45. The Labute approximate surface area is 101 Å². The van der Waals surface area contributed by atoms with Crippen molar-refractivity contribution in [1.29, 1.82) is 0 Å². The maximum Gasteiger partial charge on any atom is 0.235 e. The lowest BCUT2D eigenvalue weighted by atomic mass is 10.0. The number of rotatable bonds is 3. The Morgan fingerprint density at radius 3 is 2.65 bits per heavy atom. The van der Waals surface area contributed by atoms with Crippen molar-refractivity contribution >= 4 is 17.7 Å². The molecule has 0 unspecified atom stereocenters. The highest BCUT2D eigenvalue weighted by Crippen LogP contribution is 2.53. The van der Waals surface area contributed by atoms with E-state index >= 15 is 0 Å². The van der Waals surface area contributed by atoms with Crippen LogP contribution in [0.15, 0.2) is 11.1 Å². The standard InChI is InChI=1S/C11H8ClF2NO2/c1-17-10-6(11(2-3-11)15-5-16)4-7(13)8(12)9(10)14/h4H,2-3H2,1H3. The molecule has 1 aromatic carbocycles. The zero-order valence-corrected chi connectivity index (χ0v) is 9.65. The first-order valence-corrected chi connectivity index (χ1v) is 5.24. The number of carbonyl (C=O) groups excluding carboxylic acids is 1. The van der Waals surface area contributed by atoms with Crippen LogP contribution in [-0.2, 0) is 10.3 Å². The Morgan fingerprint density at radius 1 is 1.53 bits per heavy atom. The van der Waals surface area contributed by atoms with Crippen molar-refractivity contribution in [3.63, 3.8) is 0 Å². The van der Waals surface area contributed by atoms with E-state index in [1.165, 1.54) is 13.2 Å². The first-order chi connectivity index (χ1) is 8.05. The quantitative estimate of drug-likeness (QED) is 0.476. The molecule has 0 heterocycles. The van der Waals surface area contributed by atoms with E-state index in [0.717, 1.165) is 6.07 Å². The highest BCUT2D eigenvalue weighted by atomic mass is 35.5. The average Bonchev–Trinajstić information content (AvgIpc) is 3.07. The largest absolute Gasteiger partial charge is 0.493 e. The minimum Gasteiger partial charge on any atom is -0.493 e. The van der Waals surface area contributed by atoms with Crippen LogP contribution in [-0.4, -0.2) is 13.2 Å². The van der Waals surface area contributed by atoms with Crippen LogP contribution >= 0.6 is 11.6 Å². The van der Waals surface area contributed by atoms with Crippen LogP contribution in [0.25, 0.3) is 0 Å². The smallest absolute Gasteiger partial charge is 0.235 e. The van der Waals surface area contributed by atoms with E-state index in [2.05, 4.69) is 4.99 Å². The van der Waals surface area contributed by atoms with Crippen molar-refractivity contribution in [2.45, 2.75) is 18.4 Å². The zero-order valence-electron chi connectivity index (χ0n) is 8.89. The Balaban J connectivity index is 2.66. The summed E-state index contributed by atoms with van der Waals surface area (Å²) in [7, 11) is 1.25. The molecule has 1 fully saturated rings. The highest BCUT2D eigenvalue weighted by Gasteiger charge is 2.48. The Bertz CT molecular complexity index is 523. The van der Waals surface area contributed by atoms with Crippen molar-refractivity contribution in [3.05, 3.63) is 28.3 Å². The van der Waals surface area contributed by atoms with Crippen molar-refractivity contribution in [2.24, 2.45) is 4.99 Å². The van der Waals surface area contributed by atoms with Gasteiger partial charge in [-0.2, -0.15) is 4.99 Å². The van der Waals surface area contributed by atoms with E-state index < -0.39 is 22.2 Å². The molecule has 17 heavy (non-hydrogen) atoms. The molecular formula is C11H8ClF2NO2. The van der Waals surface area contributed by atoms with E-state index in [9.17, 15) is 13.6 Å². The lowest BCUT2D eigenvalue weighted by molar-refractivity contribution is 0.373. The van der Waals surface area contributed by atoms with Gasteiger partial charge in [-0.15, -0.1) is 0 Å². The van der Waals surface area contributed by atoms with Crippen molar-refractivity contribution in [2.75, 3.05) is 7.11 Å². The third-order valence-electron chi connectivity index (χ3n) is 2.81. The van der Waals surface area contributed by atoms with Crippen LogP contribution in [0.4, 0.5) is 8.78 Å². The summed E-state index contributed by atoms with van der Waals surface area (Å²) in [6.45, 7) is 0. The lowest BCUT2D eigenvalue weighted by Crippen LogP contribution is -2.08. The van der Waals surface area contributed by atoms with Crippen molar-refractivity contribution in [1.82, 2.24) is 0 Å². The number of methoxy groups -OCH3 is 1. The highest BCUT2D eigenvalue weighted by molar-refractivity contribution is 6.31. The first kappa shape index (κ1) is 12.0. The fourth-order valence-electron chi connectivity index (χ4n) is 1.77. The van der Waals surface area contributed by atoms with Gasteiger partial charge in [-0.25, -0.2) is 13.6 Å². The fraction of sp³-hybridized carbons (Fsp3) is 0.364. The normalized spacial score (nSPS) is 16.2. The summed E-state index contributed by atoms with van der Waals surface area (Å²) >= 11 is 5.44. The van der Waals surface area contributed by atoms with Crippen LogP contribution in [0.2, 0.25) is 5.02 Å². The molecule has 1 aliphatic carbocycles. The Kier molecular flexibility index (Phi) is 2.89. The van der Waals surface area contributed by atoms with E-state index in [0.29, 0.717) is 12.8 Å². The number of nitrogens with zero attached hydrogens (tertiary/aromatic N) is 1. The predicted octanol–water partition coefficient (Wildman–Crippen LogP) is 2.95. The molecule has 6 heteroatoms. The number of aliphatic imine (C=N–C) groups is 1. The van der Waals surface area contributed by atoms with E-state index in [1.807, 2.05) is 0 Å². The molecule has 1 aliphatic rings. The molecule has 0 spiro atoms. The second-order valence-corrected chi connectivity index (χ2v) is 4.18. The molecule has 3 nitrogen and oxygen atoms in total. The minimum absolute atomic E-state index is 0.173. The summed E-state index contributed by atoms with van der Waals surface area (Å²) in [6, 6.07) is 1.05. The topological polar surface area (TPSA) is 38.7 Å². The first-order valence-electron chi connectivity index (χ1n) is 4.87. The van der Waals surface area contributed by atoms with Gasteiger partial charge in [-0.1, -0.05) is 11.6 Å². The average molecular weight is 260 g/mol. The third kappa shape index (κ3) is 1.81. The van der Waals surface area contributed by atoms with Crippen LogP contribution < -0.4 is 4.74 Å². The van der Waals surface area contributed by atoms with E-state index in [4.69, 9.17) is 16.3 Å². The van der Waals surface area contributed by atoms with Gasteiger partial charge in [-0.05, 0) is 18.9 Å². The number of hydrogen-bond acceptors (Lipinski definition) is 3. The molecule has 0 bridgehead atoms. The molecule has 0 atom stereocenters. The molecule has 0 saturated heterocycles. The summed E-state index contributed by atoms with van der Waals surface area (Å²) in [6.07, 6.45) is 2.47. The van der Waals surface area contributed by atoms with Crippen molar-refractivity contribution in [3.8, 4) is 5.75 Å². The molecule has 90 valence electrons. The van der Waals surface area contributed by atoms with Gasteiger partial charge < -0.3 is 4.74 Å². The van der Waals surface area contributed by atoms with Crippen molar-refractivity contribution < 1.29 is 18.3 Å². The van der Waals surface area contributed by atoms with Gasteiger partial charge in [0.25, 0.3) is 0 Å². The summed E-state index contributed by atoms with van der Waals surface area (Å²) in [5, 5.41) is -0.628. The number of isocyanates is 1. The molecule has 0 radical (unpaired) electrons. The SMILES string of the molecule is COc1c(C2(N=C=O)CC2)cc(F)c(Cl)c1F. The molecular weight excluding hydrogens is 252 g/mol. The van der Waals surface area contributed by atoms with Crippen LogP contribution in [0.3, 0.4) is 0 Å².